The van der Waals surface area contributed by atoms with E-state index in [1.807, 2.05) is 0 Å². The van der Waals surface area contributed by atoms with Crippen LogP contribution in [0.3, 0.4) is 0 Å². The van der Waals surface area contributed by atoms with E-state index in [0.29, 0.717) is 15.6 Å². The van der Waals surface area contributed by atoms with E-state index >= 15 is 0 Å². The molecular weight excluding hydrogens is 340 g/mol. The molecule has 0 saturated carbocycles. The van der Waals surface area contributed by atoms with E-state index < -0.39 is 23.6 Å². The number of primary amides is 1. The summed E-state index contributed by atoms with van der Waals surface area (Å²) in [6.45, 7) is 0.336. The number of amides is 1. The van der Waals surface area contributed by atoms with Crippen molar-refractivity contribution in [2.24, 2.45) is 11.7 Å². The summed E-state index contributed by atoms with van der Waals surface area (Å²) in [6.07, 6.45) is -3.57. The van der Waals surface area contributed by atoms with Crippen molar-refractivity contribution in [3.05, 3.63) is 45.6 Å². The predicted molar refractivity (Wildman–Crippen MR) is 78.3 cm³/mol. The molecule has 1 unspecified atom stereocenters. The van der Waals surface area contributed by atoms with Gasteiger partial charge in [0.2, 0.25) is 5.91 Å². The van der Waals surface area contributed by atoms with Gasteiger partial charge in [-0.25, -0.2) is 0 Å². The number of nitrogens with zero attached hydrogens (tertiary/aromatic N) is 1. The van der Waals surface area contributed by atoms with Gasteiger partial charge < -0.3 is 10.6 Å². The van der Waals surface area contributed by atoms with E-state index in [-0.39, 0.29) is 19.5 Å². The Morgan fingerprint density at radius 1 is 1.32 bits per heavy atom. The Balaban J connectivity index is 2.28. The number of rotatable bonds is 3. The Morgan fingerprint density at radius 3 is 2.41 bits per heavy atom. The standard InChI is InChI=1S/C14H13Cl2F3N2O/c15-11-2-1-3-12(16)9(11)7-21-5-4-10(14(17,18)19)8(6-21)13(20)22/h1-3,6,10H,4-5,7H2,(H2,20,22). The molecule has 1 aliphatic heterocycles. The average molecular weight is 353 g/mol. The number of hydrogen-bond acceptors (Lipinski definition) is 2. The van der Waals surface area contributed by atoms with Gasteiger partial charge in [0.15, 0.2) is 0 Å². The zero-order chi connectivity index (χ0) is 16.5. The molecule has 8 heteroatoms. The fraction of sp³-hybridized carbons (Fsp3) is 0.357. The lowest BCUT2D eigenvalue weighted by molar-refractivity contribution is -0.170. The average Bonchev–Trinajstić information content (AvgIpc) is 2.41. The molecule has 0 aromatic heterocycles. The van der Waals surface area contributed by atoms with Crippen LogP contribution in [-0.2, 0) is 11.3 Å². The lowest BCUT2D eigenvalue weighted by Crippen LogP contribution is -2.39. The highest BCUT2D eigenvalue weighted by Crippen LogP contribution is 2.38. The Morgan fingerprint density at radius 2 is 1.91 bits per heavy atom. The largest absolute Gasteiger partial charge is 0.396 e. The van der Waals surface area contributed by atoms with E-state index in [1.165, 1.54) is 0 Å². The van der Waals surface area contributed by atoms with Gasteiger partial charge in [-0.3, -0.25) is 4.79 Å². The predicted octanol–water partition coefficient (Wildman–Crippen LogP) is 3.75. The van der Waals surface area contributed by atoms with E-state index in [1.54, 1.807) is 23.1 Å². The van der Waals surface area contributed by atoms with Gasteiger partial charge in [-0.2, -0.15) is 13.2 Å². The Labute approximate surface area is 135 Å². The van der Waals surface area contributed by atoms with Crippen LogP contribution >= 0.6 is 23.2 Å². The van der Waals surface area contributed by atoms with E-state index in [4.69, 9.17) is 28.9 Å². The molecule has 120 valence electrons. The minimum absolute atomic E-state index is 0.127. The van der Waals surface area contributed by atoms with Crippen molar-refractivity contribution in [1.29, 1.82) is 0 Å². The van der Waals surface area contributed by atoms with Gasteiger partial charge in [0.05, 0.1) is 5.92 Å². The fourth-order valence-corrected chi connectivity index (χ4v) is 2.91. The van der Waals surface area contributed by atoms with Crippen LogP contribution in [0, 0.1) is 5.92 Å². The molecule has 1 atom stereocenters. The number of halogens is 5. The Bertz CT molecular complexity index is 596. The summed E-state index contributed by atoms with van der Waals surface area (Å²) in [4.78, 5) is 12.9. The molecule has 2 rings (SSSR count). The number of carbonyl (C=O) groups excluding carboxylic acids is 1. The maximum atomic E-state index is 12.9. The topological polar surface area (TPSA) is 46.3 Å². The van der Waals surface area contributed by atoms with Crippen LogP contribution in [0.2, 0.25) is 10.0 Å². The fourth-order valence-electron chi connectivity index (χ4n) is 2.39. The van der Waals surface area contributed by atoms with Crippen LogP contribution < -0.4 is 5.73 Å². The molecule has 0 radical (unpaired) electrons. The molecule has 1 aliphatic rings. The molecule has 1 aromatic carbocycles. The summed E-state index contributed by atoms with van der Waals surface area (Å²) in [6, 6.07) is 4.96. The summed E-state index contributed by atoms with van der Waals surface area (Å²) in [7, 11) is 0. The van der Waals surface area contributed by atoms with E-state index in [9.17, 15) is 18.0 Å². The maximum absolute atomic E-state index is 12.9. The monoisotopic (exact) mass is 352 g/mol. The molecule has 3 nitrogen and oxygen atoms in total. The van der Waals surface area contributed by atoms with Crippen molar-refractivity contribution in [1.82, 2.24) is 4.90 Å². The van der Waals surface area contributed by atoms with Crippen LogP contribution in [0.15, 0.2) is 30.0 Å². The SMILES string of the molecule is NC(=O)C1=CN(Cc2c(Cl)cccc2Cl)CCC1C(F)(F)F. The second kappa shape index (κ2) is 6.38. The maximum Gasteiger partial charge on any atom is 0.396 e. The first-order valence-corrected chi connectivity index (χ1v) is 7.21. The van der Waals surface area contributed by atoms with Crippen molar-refractivity contribution in [2.45, 2.75) is 19.1 Å². The Kier molecular flexibility index (Phi) is 4.92. The van der Waals surface area contributed by atoms with Gasteiger partial charge in [-0.15, -0.1) is 0 Å². The Hall–Kier alpha value is -1.40. The third kappa shape index (κ3) is 3.67. The van der Waals surface area contributed by atoms with Gasteiger partial charge in [-0.05, 0) is 18.6 Å². The summed E-state index contributed by atoms with van der Waals surface area (Å²) in [5.74, 6) is -2.90. The molecule has 1 heterocycles. The summed E-state index contributed by atoms with van der Waals surface area (Å²) in [5.41, 5.74) is 5.23. The second-order valence-corrected chi connectivity index (χ2v) is 5.82. The highest BCUT2D eigenvalue weighted by molar-refractivity contribution is 6.35. The summed E-state index contributed by atoms with van der Waals surface area (Å²) >= 11 is 12.1. The lowest BCUT2D eigenvalue weighted by atomic mass is 9.91. The molecule has 0 aliphatic carbocycles. The molecule has 1 aromatic rings. The van der Waals surface area contributed by atoms with Crippen molar-refractivity contribution in [2.75, 3.05) is 6.54 Å². The van der Waals surface area contributed by atoms with E-state index in [0.717, 1.165) is 6.20 Å². The van der Waals surface area contributed by atoms with Crippen LogP contribution in [0.5, 0.6) is 0 Å². The summed E-state index contributed by atoms with van der Waals surface area (Å²) < 4.78 is 38.8. The molecule has 2 N–H and O–H groups in total. The molecule has 0 bridgehead atoms. The summed E-state index contributed by atoms with van der Waals surface area (Å²) in [5, 5.41) is 0.832. The van der Waals surface area contributed by atoms with Crippen molar-refractivity contribution < 1.29 is 18.0 Å². The van der Waals surface area contributed by atoms with Crippen LogP contribution in [-0.4, -0.2) is 23.5 Å². The van der Waals surface area contributed by atoms with Gasteiger partial charge in [0.25, 0.3) is 0 Å². The quantitative estimate of drug-likeness (QED) is 0.900. The first-order valence-electron chi connectivity index (χ1n) is 6.45. The number of alkyl halides is 3. The van der Waals surface area contributed by atoms with E-state index in [2.05, 4.69) is 0 Å². The van der Waals surface area contributed by atoms with Crippen molar-refractivity contribution in [3.8, 4) is 0 Å². The smallest absolute Gasteiger partial charge is 0.372 e. The van der Waals surface area contributed by atoms with Gasteiger partial charge in [0.1, 0.15) is 0 Å². The zero-order valence-corrected chi connectivity index (χ0v) is 12.8. The molecule has 0 fully saturated rings. The van der Waals surface area contributed by atoms with Gasteiger partial charge in [0, 0.05) is 40.5 Å². The van der Waals surface area contributed by atoms with Crippen LogP contribution in [0.1, 0.15) is 12.0 Å². The first-order chi connectivity index (χ1) is 10.2. The molecule has 0 saturated heterocycles. The molecule has 22 heavy (non-hydrogen) atoms. The van der Waals surface area contributed by atoms with Crippen molar-refractivity contribution >= 4 is 29.1 Å². The molecular formula is C14H13Cl2F3N2O. The minimum Gasteiger partial charge on any atom is -0.372 e. The number of hydrogen-bond donors (Lipinski definition) is 1. The third-order valence-corrected chi connectivity index (χ3v) is 4.21. The normalized spacial score (nSPS) is 19.0. The highest BCUT2D eigenvalue weighted by Gasteiger charge is 2.45. The minimum atomic E-state index is -4.49. The zero-order valence-electron chi connectivity index (χ0n) is 11.3. The second-order valence-electron chi connectivity index (χ2n) is 5.00. The van der Waals surface area contributed by atoms with Crippen LogP contribution in [0.4, 0.5) is 13.2 Å². The van der Waals surface area contributed by atoms with Crippen LogP contribution in [0.25, 0.3) is 0 Å². The first kappa shape index (κ1) is 17.0. The molecule has 1 amide bonds. The van der Waals surface area contributed by atoms with Gasteiger partial charge >= 0.3 is 6.18 Å². The number of carbonyl (C=O) groups is 1. The highest BCUT2D eigenvalue weighted by atomic mass is 35.5. The lowest BCUT2D eigenvalue weighted by Gasteiger charge is -2.32. The third-order valence-electron chi connectivity index (χ3n) is 3.50. The number of nitrogens with two attached hydrogens (primary N) is 1. The molecule has 0 spiro atoms. The van der Waals surface area contributed by atoms with Gasteiger partial charge in [-0.1, -0.05) is 29.3 Å². The van der Waals surface area contributed by atoms with Crippen molar-refractivity contribution in [3.63, 3.8) is 0 Å². The number of benzene rings is 1.